The van der Waals surface area contributed by atoms with Gasteiger partial charge in [-0.1, -0.05) is 0 Å². The lowest BCUT2D eigenvalue weighted by Crippen LogP contribution is -2.43. The van der Waals surface area contributed by atoms with Gasteiger partial charge in [0.25, 0.3) is 0 Å². The highest BCUT2D eigenvalue weighted by Crippen LogP contribution is 2.43. The highest BCUT2D eigenvalue weighted by molar-refractivity contribution is 6.18. The Morgan fingerprint density at radius 1 is 1.25 bits per heavy atom. The summed E-state index contributed by atoms with van der Waals surface area (Å²) in [5.41, 5.74) is 10.1. The summed E-state index contributed by atoms with van der Waals surface area (Å²) < 4.78 is 29.7. The van der Waals surface area contributed by atoms with Gasteiger partial charge >= 0.3 is 0 Å². The van der Waals surface area contributed by atoms with Crippen molar-refractivity contribution in [3.05, 3.63) is 47.9 Å². The number of anilines is 2. The van der Waals surface area contributed by atoms with Gasteiger partial charge in [0.15, 0.2) is 11.6 Å². The van der Waals surface area contributed by atoms with Crippen LogP contribution in [0.1, 0.15) is 18.4 Å². The average molecular weight is 433 g/mol. The van der Waals surface area contributed by atoms with Gasteiger partial charge in [0.2, 0.25) is 0 Å². The van der Waals surface area contributed by atoms with Crippen LogP contribution in [0.4, 0.5) is 20.2 Å². The number of nitrogens with two attached hydrogens (primary N) is 1. The molecule has 1 unspecified atom stereocenters. The molecule has 32 heavy (non-hydrogen) atoms. The van der Waals surface area contributed by atoms with Crippen molar-refractivity contribution in [2.45, 2.75) is 18.9 Å². The first-order valence-corrected chi connectivity index (χ1v) is 10.4. The number of pyridine rings is 2. The number of rotatable bonds is 3. The van der Waals surface area contributed by atoms with E-state index in [1.54, 1.807) is 25.5 Å². The Bertz CT molecular complexity index is 1390. The molecule has 1 aliphatic rings. The molecule has 4 heterocycles. The third kappa shape index (κ3) is 3.11. The summed E-state index contributed by atoms with van der Waals surface area (Å²) in [7, 11) is 1.65. The second-order valence-electron chi connectivity index (χ2n) is 8.01. The van der Waals surface area contributed by atoms with Crippen molar-refractivity contribution in [2.75, 3.05) is 30.4 Å². The number of nitrogens with one attached hydrogen (secondary N) is 2. The zero-order valence-corrected chi connectivity index (χ0v) is 17.4. The van der Waals surface area contributed by atoms with Crippen LogP contribution in [0.15, 0.2) is 30.7 Å². The standard InChI is InChI=1S/C23H21F2N7/c1-28-17-6-16(24)20(25)18-19-22(32-4-2-3-14(27)11-32)15(10-30-23(19)31-21(17)18)13-5-12(7-26)8-29-9-13/h5-6,8-10,14,28H,2-4,11,27H2,1H3,(H,30,31). The van der Waals surface area contributed by atoms with Crippen LogP contribution < -0.4 is 16.0 Å². The van der Waals surface area contributed by atoms with Gasteiger partial charge in [-0.2, -0.15) is 5.26 Å². The topological polar surface area (TPSA) is 107 Å². The molecular weight excluding hydrogens is 412 g/mol. The van der Waals surface area contributed by atoms with E-state index < -0.39 is 11.6 Å². The van der Waals surface area contributed by atoms with Crippen LogP contribution >= 0.6 is 0 Å². The fourth-order valence-electron chi connectivity index (χ4n) is 4.54. The molecule has 0 spiro atoms. The van der Waals surface area contributed by atoms with Crippen molar-refractivity contribution in [1.82, 2.24) is 15.0 Å². The lowest BCUT2D eigenvalue weighted by atomic mass is 9.98. The van der Waals surface area contributed by atoms with E-state index in [9.17, 15) is 9.65 Å². The zero-order valence-electron chi connectivity index (χ0n) is 17.4. The van der Waals surface area contributed by atoms with Gasteiger partial charge in [-0.05, 0) is 18.9 Å². The van der Waals surface area contributed by atoms with Crippen LogP contribution in [0.25, 0.3) is 33.1 Å². The van der Waals surface area contributed by atoms with Gasteiger partial charge in [-0.15, -0.1) is 0 Å². The summed E-state index contributed by atoms with van der Waals surface area (Å²) in [6, 6.07) is 4.90. The number of aromatic nitrogens is 3. The lowest BCUT2D eigenvalue weighted by molar-refractivity contribution is 0.507. The molecule has 0 aliphatic carbocycles. The average Bonchev–Trinajstić information content (AvgIpc) is 3.20. The van der Waals surface area contributed by atoms with E-state index in [1.807, 2.05) is 0 Å². The van der Waals surface area contributed by atoms with Gasteiger partial charge in [0, 0.05) is 62.0 Å². The van der Waals surface area contributed by atoms with E-state index in [-0.39, 0.29) is 11.4 Å². The molecule has 0 saturated carbocycles. The number of H-pyrrole nitrogens is 1. The maximum atomic E-state index is 15.2. The first-order valence-electron chi connectivity index (χ1n) is 10.4. The van der Waals surface area contributed by atoms with E-state index in [0.717, 1.165) is 18.9 Å². The third-order valence-electron chi connectivity index (χ3n) is 5.99. The van der Waals surface area contributed by atoms with Crippen LogP contribution in [0.5, 0.6) is 0 Å². The molecule has 9 heteroatoms. The fraction of sp³-hybridized carbons (Fsp3) is 0.261. The van der Waals surface area contributed by atoms with Gasteiger partial charge in [-0.25, -0.2) is 13.8 Å². The summed E-state index contributed by atoms with van der Waals surface area (Å²) in [5.74, 6) is -1.88. The highest BCUT2D eigenvalue weighted by atomic mass is 19.2. The molecule has 7 nitrogen and oxygen atoms in total. The molecule has 162 valence electrons. The fourth-order valence-corrected chi connectivity index (χ4v) is 4.54. The number of piperidine rings is 1. The van der Waals surface area contributed by atoms with Gasteiger partial charge in [-0.3, -0.25) is 4.98 Å². The van der Waals surface area contributed by atoms with Crippen molar-refractivity contribution >= 4 is 33.3 Å². The zero-order chi connectivity index (χ0) is 22.4. The summed E-state index contributed by atoms with van der Waals surface area (Å²) in [6.07, 6.45) is 6.57. The number of nitriles is 1. The van der Waals surface area contributed by atoms with E-state index >= 15 is 4.39 Å². The molecule has 0 amide bonds. The van der Waals surface area contributed by atoms with Gasteiger partial charge < -0.3 is 20.9 Å². The van der Waals surface area contributed by atoms with Crippen molar-refractivity contribution in [3.8, 4) is 17.2 Å². The van der Waals surface area contributed by atoms with Crippen LogP contribution in [-0.4, -0.2) is 41.1 Å². The summed E-state index contributed by atoms with van der Waals surface area (Å²) in [5, 5.41) is 12.9. The van der Waals surface area contributed by atoms with Crippen LogP contribution in [-0.2, 0) is 0 Å². The molecule has 4 aromatic rings. The normalized spacial score (nSPS) is 16.5. The Balaban J connectivity index is 1.90. The van der Waals surface area contributed by atoms with Crippen LogP contribution in [0.2, 0.25) is 0 Å². The molecule has 0 radical (unpaired) electrons. The molecule has 4 N–H and O–H groups in total. The lowest BCUT2D eigenvalue weighted by Gasteiger charge is -2.34. The Kier molecular flexibility index (Phi) is 4.87. The molecule has 1 saturated heterocycles. The van der Waals surface area contributed by atoms with Crippen molar-refractivity contribution < 1.29 is 8.78 Å². The van der Waals surface area contributed by atoms with Crippen LogP contribution in [0, 0.1) is 23.0 Å². The number of hydrogen-bond acceptors (Lipinski definition) is 6. The molecular formula is C23H21F2N7. The minimum absolute atomic E-state index is 0.0389. The van der Waals surface area contributed by atoms with Gasteiger partial charge in [0.1, 0.15) is 11.7 Å². The Hall–Kier alpha value is -3.77. The largest absolute Gasteiger partial charge is 0.386 e. The molecule has 1 atom stereocenters. The summed E-state index contributed by atoms with van der Waals surface area (Å²) >= 11 is 0. The Morgan fingerprint density at radius 2 is 2.09 bits per heavy atom. The monoisotopic (exact) mass is 433 g/mol. The van der Waals surface area contributed by atoms with Crippen molar-refractivity contribution in [2.24, 2.45) is 5.73 Å². The first-order chi connectivity index (χ1) is 15.5. The van der Waals surface area contributed by atoms with Crippen LogP contribution in [0.3, 0.4) is 0 Å². The number of halogens is 2. The predicted molar refractivity (Wildman–Crippen MR) is 120 cm³/mol. The van der Waals surface area contributed by atoms with Crippen molar-refractivity contribution in [1.29, 1.82) is 5.26 Å². The predicted octanol–water partition coefficient (Wildman–Crippen LogP) is 3.90. The summed E-state index contributed by atoms with van der Waals surface area (Å²) in [6.45, 7) is 1.29. The third-order valence-corrected chi connectivity index (χ3v) is 5.99. The molecule has 0 bridgehead atoms. The Labute approximate surface area is 182 Å². The first kappa shape index (κ1) is 20.2. The maximum absolute atomic E-state index is 15.2. The number of hydrogen-bond donors (Lipinski definition) is 3. The molecule has 1 aromatic carbocycles. The molecule has 3 aromatic heterocycles. The quantitative estimate of drug-likeness (QED) is 0.452. The smallest absolute Gasteiger partial charge is 0.169 e. The van der Waals surface area contributed by atoms with E-state index in [2.05, 4.69) is 31.2 Å². The van der Waals surface area contributed by atoms with E-state index in [1.165, 1.54) is 6.20 Å². The van der Waals surface area contributed by atoms with E-state index in [4.69, 9.17) is 5.73 Å². The Morgan fingerprint density at radius 3 is 2.84 bits per heavy atom. The van der Waals surface area contributed by atoms with Crippen molar-refractivity contribution in [3.63, 3.8) is 0 Å². The second-order valence-corrected chi connectivity index (χ2v) is 8.01. The number of nitrogens with zero attached hydrogens (tertiary/aromatic N) is 4. The molecule has 1 aliphatic heterocycles. The highest BCUT2D eigenvalue weighted by Gasteiger charge is 2.27. The van der Waals surface area contributed by atoms with Gasteiger partial charge in [0.05, 0.1) is 33.2 Å². The summed E-state index contributed by atoms with van der Waals surface area (Å²) in [4.78, 5) is 14.0. The maximum Gasteiger partial charge on any atom is 0.169 e. The molecule has 5 rings (SSSR count). The SMILES string of the molecule is CNc1cc(F)c(F)c2c1[nH]c1ncc(-c3cncc(C#N)c3)c(N3CCCC(N)C3)c12. The number of benzene rings is 1. The number of fused-ring (bicyclic) bond motifs is 3. The minimum atomic E-state index is -0.942. The van der Waals surface area contributed by atoms with E-state index in [0.29, 0.717) is 57.7 Å². The second kappa shape index (κ2) is 7.73. The number of aromatic amines is 1. The minimum Gasteiger partial charge on any atom is -0.386 e. The molecule has 1 fully saturated rings.